The van der Waals surface area contributed by atoms with E-state index in [0.717, 1.165) is 16.9 Å². The van der Waals surface area contributed by atoms with Gasteiger partial charge in [0.05, 0.1) is 21.8 Å². The van der Waals surface area contributed by atoms with Crippen LogP contribution in [0.2, 0.25) is 10.0 Å². The molecule has 1 heterocycles. The second-order valence-electron chi connectivity index (χ2n) is 5.11. The van der Waals surface area contributed by atoms with Crippen LogP contribution in [0.1, 0.15) is 21.7 Å². The number of halogens is 2. The summed E-state index contributed by atoms with van der Waals surface area (Å²) in [5.74, 6) is 0.421. The van der Waals surface area contributed by atoms with E-state index in [9.17, 15) is 4.79 Å². The summed E-state index contributed by atoms with van der Waals surface area (Å²) in [6.07, 6.45) is 0. The highest BCUT2D eigenvalue weighted by Gasteiger charge is 2.16. The monoisotopic (exact) mass is 333 g/mol. The molecular weight excluding hydrogens is 321 g/mol. The molecule has 0 bridgehead atoms. The van der Waals surface area contributed by atoms with Crippen LogP contribution in [-0.4, -0.2) is 15.9 Å². The molecule has 0 aliphatic carbocycles. The zero-order chi connectivity index (χ0) is 15.9. The van der Waals surface area contributed by atoms with E-state index in [-0.39, 0.29) is 5.91 Å². The van der Waals surface area contributed by atoms with Crippen LogP contribution in [0.3, 0.4) is 0 Å². The number of H-pyrrole nitrogens is 1. The van der Waals surface area contributed by atoms with Crippen LogP contribution in [0.4, 0.5) is 5.69 Å². The first-order chi connectivity index (χ1) is 10.4. The molecule has 0 spiro atoms. The number of nitrogens with one attached hydrogen (secondary N) is 2. The van der Waals surface area contributed by atoms with Crippen LogP contribution in [0.25, 0.3) is 11.0 Å². The highest BCUT2D eigenvalue weighted by molar-refractivity contribution is 6.34. The van der Waals surface area contributed by atoms with Gasteiger partial charge >= 0.3 is 0 Å². The molecule has 1 amide bonds. The number of amides is 1. The molecule has 0 saturated carbocycles. The van der Waals surface area contributed by atoms with Crippen molar-refractivity contribution in [3.63, 3.8) is 0 Å². The van der Waals surface area contributed by atoms with Crippen LogP contribution in [0, 0.1) is 13.8 Å². The van der Waals surface area contributed by atoms with Gasteiger partial charge in [0.2, 0.25) is 0 Å². The number of imidazole rings is 1. The van der Waals surface area contributed by atoms with Gasteiger partial charge in [0.1, 0.15) is 11.3 Å². The number of benzene rings is 2. The maximum atomic E-state index is 12.5. The van der Waals surface area contributed by atoms with E-state index in [0.29, 0.717) is 26.8 Å². The number of aromatic nitrogens is 2. The first kappa shape index (κ1) is 14.9. The van der Waals surface area contributed by atoms with Crippen LogP contribution < -0.4 is 5.32 Å². The zero-order valence-corrected chi connectivity index (χ0v) is 13.5. The minimum Gasteiger partial charge on any atom is -0.342 e. The molecule has 0 unspecified atom stereocenters. The largest absolute Gasteiger partial charge is 0.342 e. The van der Waals surface area contributed by atoms with Crippen LogP contribution >= 0.6 is 23.2 Å². The maximum Gasteiger partial charge on any atom is 0.258 e. The number of carbonyl (C=O) groups excluding carboxylic acids is 1. The first-order valence-corrected chi connectivity index (χ1v) is 7.43. The van der Waals surface area contributed by atoms with Crippen molar-refractivity contribution >= 4 is 45.8 Å². The van der Waals surface area contributed by atoms with Crippen LogP contribution in [-0.2, 0) is 0 Å². The lowest BCUT2D eigenvalue weighted by molar-refractivity contribution is 0.102. The van der Waals surface area contributed by atoms with Gasteiger partial charge in [0, 0.05) is 5.02 Å². The van der Waals surface area contributed by atoms with Gasteiger partial charge in [-0.2, -0.15) is 0 Å². The Labute approximate surface area is 137 Å². The molecule has 0 atom stereocenters. The standard InChI is InChI=1S/C16H13Cl2N3O/c1-8-3-4-13(12(18)5-8)21-16(22)11-6-10(17)7-14-15(11)20-9(2)19-14/h3-7H,1-2H3,(H,19,20)(H,21,22). The van der Waals surface area contributed by atoms with E-state index in [1.54, 1.807) is 24.3 Å². The average Bonchev–Trinajstić information content (AvgIpc) is 2.80. The number of carbonyl (C=O) groups is 1. The predicted molar refractivity (Wildman–Crippen MR) is 90.0 cm³/mol. The van der Waals surface area contributed by atoms with Gasteiger partial charge in [-0.15, -0.1) is 0 Å². The van der Waals surface area contributed by atoms with E-state index in [2.05, 4.69) is 15.3 Å². The summed E-state index contributed by atoms with van der Waals surface area (Å²) < 4.78 is 0. The second-order valence-corrected chi connectivity index (χ2v) is 5.95. The Morgan fingerprint density at radius 1 is 1.18 bits per heavy atom. The average molecular weight is 334 g/mol. The third kappa shape index (κ3) is 2.80. The molecule has 2 aromatic carbocycles. The Morgan fingerprint density at radius 3 is 2.68 bits per heavy atom. The molecule has 2 N–H and O–H groups in total. The molecule has 4 nitrogen and oxygen atoms in total. The van der Waals surface area contributed by atoms with Gasteiger partial charge in [0.15, 0.2) is 0 Å². The lowest BCUT2D eigenvalue weighted by Gasteiger charge is -2.08. The molecular formula is C16H13Cl2N3O. The summed E-state index contributed by atoms with van der Waals surface area (Å²) in [6, 6.07) is 8.79. The van der Waals surface area contributed by atoms with Crippen molar-refractivity contribution in [1.82, 2.24) is 9.97 Å². The van der Waals surface area contributed by atoms with Crippen molar-refractivity contribution in [2.24, 2.45) is 0 Å². The number of hydrogen-bond acceptors (Lipinski definition) is 2. The smallest absolute Gasteiger partial charge is 0.258 e. The third-order valence-corrected chi connectivity index (χ3v) is 3.82. The highest BCUT2D eigenvalue weighted by Crippen LogP contribution is 2.26. The SMILES string of the molecule is Cc1ccc(NC(=O)c2cc(Cl)cc3[nH]c(C)nc23)c(Cl)c1. The minimum absolute atomic E-state index is 0.301. The topological polar surface area (TPSA) is 57.8 Å². The Balaban J connectivity index is 2.01. The number of nitrogens with zero attached hydrogens (tertiary/aromatic N) is 1. The quantitative estimate of drug-likeness (QED) is 0.711. The molecule has 0 saturated heterocycles. The number of rotatable bonds is 2. The molecule has 3 aromatic rings. The van der Waals surface area contributed by atoms with Gasteiger partial charge in [-0.05, 0) is 43.7 Å². The van der Waals surface area contributed by atoms with Crippen LogP contribution in [0.15, 0.2) is 30.3 Å². The molecule has 112 valence electrons. The number of hydrogen-bond donors (Lipinski definition) is 2. The Hall–Kier alpha value is -2.04. The summed E-state index contributed by atoms with van der Waals surface area (Å²) in [4.78, 5) is 20.0. The molecule has 22 heavy (non-hydrogen) atoms. The molecule has 6 heteroatoms. The minimum atomic E-state index is -0.301. The normalized spacial score (nSPS) is 10.9. The fraction of sp³-hybridized carbons (Fsp3) is 0.125. The van der Waals surface area contributed by atoms with E-state index in [4.69, 9.17) is 23.2 Å². The Bertz CT molecular complexity index is 886. The zero-order valence-electron chi connectivity index (χ0n) is 12.0. The summed E-state index contributed by atoms with van der Waals surface area (Å²) in [5.41, 5.74) is 3.30. The number of aryl methyl sites for hydroxylation is 2. The van der Waals surface area contributed by atoms with Gasteiger partial charge in [-0.25, -0.2) is 4.98 Å². The van der Waals surface area contributed by atoms with Crippen LogP contribution in [0.5, 0.6) is 0 Å². The van der Waals surface area contributed by atoms with Crippen molar-refractivity contribution in [3.05, 3.63) is 57.3 Å². The molecule has 3 rings (SSSR count). The Morgan fingerprint density at radius 2 is 1.95 bits per heavy atom. The van der Waals surface area contributed by atoms with E-state index >= 15 is 0 Å². The number of fused-ring (bicyclic) bond motifs is 1. The van der Waals surface area contributed by atoms with Crippen molar-refractivity contribution in [2.45, 2.75) is 13.8 Å². The molecule has 0 aliphatic heterocycles. The molecule has 1 aromatic heterocycles. The lowest BCUT2D eigenvalue weighted by Crippen LogP contribution is -2.13. The number of aromatic amines is 1. The fourth-order valence-electron chi connectivity index (χ4n) is 2.29. The predicted octanol–water partition coefficient (Wildman–Crippen LogP) is 4.74. The summed E-state index contributed by atoms with van der Waals surface area (Å²) >= 11 is 12.2. The molecule has 0 radical (unpaired) electrons. The fourth-order valence-corrected chi connectivity index (χ4v) is 2.79. The summed E-state index contributed by atoms with van der Waals surface area (Å²) in [7, 11) is 0. The first-order valence-electron chi connectivity index (χ1n) is 6.67. The van der Waals surface area contributed by atoms with Crippen molar-refractivity contribution in [3.8, 4) is 0 Å². The van der Waals surface area contributed by atoms with Crippen molar-refractivity contribution in [1.29, 1.82) is 0 Å². The summed E-state index contributed by atoms with van der Waals surface area (Å²) in [5, 5.41) is 3.76. The van der Waals surface area contributed by atoms with E-state index in [1.165, 1.54) is 0 Å². The van der Waals surface area contributed by atoms with Gasteiger partial charge in [0.25, 0.3) is 5.91 Å². The van der Waals surface area contributed by atoms with Gasteiger partial charge < -0.3 is 10.3 Å². The van der Waals surface area contributed by atoms with Crippen molar-refractivity contribution < 1.29 is 4.79 Å². The molecule has 0 fully saturated rings. The Kier molecular flexibility index (Phi) is 3.81. The number of anilines is 1. The highest BCUT2D eigenvalue weighted by atomic mass is 35.5. The van der Waals surface area contributed by atoms with Gasteiger partial charge in [-0.1, -0.05) is 29.3 Å². The van der Waals surface area contributed by atoms with Crippen molar-refractivity contribution in [2.75, 3.05) is 5.32 Å². The van der Waals surface area contributed by atoms with E-state index in [1.807, 2.05) is 19.9 Å². The van der Waals surface area contributed by atoms with Gasteiger partial charge in [-0.3, -0.25) is 4.79 Å². The van der Waals surface area contributed by atoms with E-state index < -0.39 is 0 Å². The lowest BCUT2D eigenvalue weighted by atomic mass is 10.1. The second kappa shape index (κ2) is 5.63. The molecule has 0 aliphatic rings. The maximum absolute atomic E-state index is 12.5. The third-order valence-electron chi connectivity index (χ3n) is 3.29. The summed E-state index contributed by atoms with van der Waals surface area (Å²) in [6.45, 7) is 3.76.